The molecule has 0 aromatic rings. The number of carboxylic acid groups (broad SMARTS) is 1. The Kier molecular flexibility index (Phi) is 5.17. The third-order valence-electron chi connectivity index (χ3n) is 4.20. The second kappa shape index (κ2) is 6.02. The topological polar surface area (TPSA) is 49.8 Å². The zero-order valence-corrected chi connectivity index (χ0v) is 12.2. The monoisotopic (exact) mass is 257 g/mol. The van der Waals surface area contributed by atoms with Gasteiger partial charge in [-0.15, -0.1) is 0 Å². The summed E-state index contributed by atoms with van der Waals surface area (Å²) in [6.07, 6.45) is 3.44. The molecule has 0 bridgehead atoms. The number of methoxy groups -OCH3 is 1. The number of rotatable bonds is 7. The summed E-state index contributed by atoms with van der Waals surface area (Å²) in [6, 6.07) is 0. The van der Waals surface area contributed by atoms with E-state index in [4.69, 9.17) is 4.74 Å². The van der Waals surface area contributed by atoms with Crippen LogP contribution in [0, 0.1) is 5.41 Å². The van der Waals surface area contributed by atoms with E-state index in [0.717, 1.165) is 38.8 Å². The molecule has 0 radical (unpaired) electrons. The molecule has 1 atom stereocenters. The highest BCUT2D eigenvalue weighted by Crippen LogP contribution is 2.35. The van der Waals surface area contributed by atoms with Gasteiger partial charge in [-0.25, -0.2) is 0 Å². The van der Waals surface area contributed by atoms with Gasteiger partial charge < -0.3 is 14.7 Å². The van der Waals surface area contributed by atoms with Crippen molar-refractivity contribution in [2.24, 2.45) is 5.41 Å². The number of aliphatic carboxylic acids is 1. The maximum absolute atomic E-state index is 11.5. The Morgan fingerprint density at radius 3 is 2.67 bits per heavy atom. The van der Waals surface area contributed by atoms with Crippen LogP contribution in [0.4, 0.5) is 0 Å². The number of hydrogen-bond donors (Lipinski definition) is 1. The molecule has 1 saturated heterocycles. The summed E-state index contributed by atoms with van der Waals surface area (Å²) >= 11 is 0. The van der Waals surface area contributed by atoms with Gasteiger partial charge in [-0.05, 0) is 39.7 Å². The highest BCUT2D eigenvalue weighted by atomic mass is 16.5. The van der Waals surface area contributed by atoms with Crippen LogP contribution >= 0.6 is 0 Å². The predicted molar refractivity (Wildman–Crippen MR) is 71.7 cm³/mol. The first kappa shape index (κ1) is 15.4. The van der Waals surface area contributed by atoms with Crippen molar-refractivity contribution in [3.63, 3.8) is 0 Å². The Labute approximate surface area is 110 Å². The number of nitrogens with zero attached hydrogens (tertiary/aromatic N) is 1. The van der Waals surface area contributed by atoms with Crippen molar-refractivity contribution < 1.29 is 14.6 Å². The maximum Gasteiger partial charge on any atom is 0.310 e. The van der Waals surface area contributed by atoms with E-state index < -0.39 is 11.4 Å². The van der Waals surface area contributed by atoms with Gasteiger partial charge in [0.2, 0.25) is 0 Å². The smallest absolute Gasteiger partial charge is 0.310 e. The average Bonchev–Trinajstić information content (AvgIpc) is 2.72. The summed E-state index contributed by atoms with van der Waals surface area (Å²) in [5.41, 5.74) is -0.634. The van der Waals surface area contributed by atoms with Crippen LogP contribution in [0.1, 0.15) is 46.5 Å². The molecule has 18 heavy (non-hydrogen) atoms. The fourth-order valence-corrected chi connectivity index (χ4v) is 2.64. The van der Waals surface area contributed by atoms with Gasteiger partial charge in [0.15, 0.2) is 0 Å². The van der Waals surface area contributed by atoms with Crippen LogP contribution in [-0.2, 0) is 9.53 Å². The number of ether oxygens (including phenoxy) is 1. The van der Waals surface area contributed by atoms with Crippen molar-refractivity contribution in [2.75, 3.05) is 26.7 Å². The van der Waals surface area contributed by atoms with Gasteiger partial charge in [0.25, 0.3) is 0 Å². The molecule has 0 spiro atoms. The maximum atomic E-state index is 11.5. The standard InChI is InChI=1S/C14H27NO3/c1-5-6-14(12(16)17)8-10-15(11-14)9-7-13(2,3)18-4/h5-11H2,1-4H3,(H,16,17). The summed E-state index contributed by atoms with van der Waals surface area (Å²) in [6.45, 7) is 8.70. The van der Waals surface area contributed by atoms with Gasteiger partial charge in [-0.3, -0.25) is 4.79 Å². The lowest BCUT2D eigenvalue weighted by Gasteiger charge is -2.27. The normalized spacial score (nSPS) is 25.6. The molecule has 1 unspecified atom stereocenters. The fourth-order valence-electron chi connectivity index (χ4n) is 2.64. The zero-order chi connectivity index (χ0) is 13.8. The largest absolute Gasteiger partial charge is 0.481 e. The lowest BCUT2D eigenvalue weighted by molar-refractivity contribution is -0.148. The SMILES string of the molecule is CCCC1(C(=O)O)CCN(CCC(C)(C)OC)C1. The predicted octanol–water partition coefficient (Wildman–Crippen LogP) is 2.38. The van der Waals surface area contributed by atoms with Crippen LogP contribution in [0.15, 0.2) is 0 Å². The van der Waals surface area contributed by atoms with Crippen molar-refractivity contribution in [3.8, 4) is 0 Å². The van der Waals surface area contributed by atoms with Crippen molar-refractivity contribution in [3.05, 3.63) is 0 Å². The Morgan fingerprint density at radius 1 is 1.50 bits per heavy atom. The minimum absolute atomic E-state index is 0.126. The average molecular weight is 257 g/mol. The number of likely N-dealkylation sites (tertiary alicyclic amines) is 1. The van der Waals surface area contributed by atoms with Crippen LogP contribution < -0.4 is 0 Å². The molecular weight excluding hydrogens is 230 g/mol. The second-order valence-electron chi connectivity index (χ2n) is 6.08. The third kappa shape index (κ3) is 3.69. The van der Waals surface area contributed by atoms with E-state index in [1.54, 1.807) is 7.11 Å². The van der Waals surface area contributed by atoms with Crippen molar-refractivity contribution in [1.29, 1.82) is 0 Å². The van der Waals surface area contributed by atoms with E-state index in [9.17, 15) is 9.90 Å². The van der Waals surface area contributed by atoms with Gasteiger partial charge in [0.05, 0.1) is 11.0 Å². The Morgan fingerprint density at radius 2 is 2.17 bits per heavy atom. The van der Waals surface area contributed by atoms with E-state index in [1.165, 1.54) is 0 Å². The summed E-state index contributed by atoms with van der Waals surface area (Å²) in [5.74, 6) is -0.627. The Balaban J connectivity index is 2.51. The molecule has 4 heteroatoms. The van der Waals surface area contributed by atoms with E-state index in [-0.39, 0.29) is 5.60 Å². The van der Waals surface area contributed by atoms with Crippen LogP contribution in [0.2, 0.25) is 0 Å². The molecule has 4 nitrogen and oxygen atoms in total. The first-order valence-corrected chi connectivity index (χ1v) is 6.86. The van der Waals surface area contributed by atoms with E-state index in [0.29, 0.717) is 6.54 Å². The molecule has 0 aromatic heterocycles. The van der Waals surface area contributed by atoms with Crippen molar-refractivity contribution in [1.82, 2.24) is 4.90 Å². The molecule has 1 fully saturated rings. The Hall–Kier alpha value is -0.610. The molecule has 0 aromatic carbocycles. The highest BCUT2D eigenvalue weighted by Gasteiger charge is 2.43. The highest BCUT2D eigenvalue weighted by molar-refractivity contribution is 5.75. The summed E-state index contributed by atoms with van der Waals surface area (Å²) in [4.78, 5) is 13.7. The van der Waals surface area contributed by atoms with E-state index in [2.05, 4.69) is 25.7 Å². The van der Waals surface area contributed by atoms with Gasteiger partial charge in [-0.1, -0.05) is 13.3 Å². The van der Waals surface area contributed by atoms with Crippen molar-refractivity contribution >= 4 is 5.97 Å². The van der Waals surface area contributed by atoms with Crippen LogP contribution in [0.5, 0.6) is 0 Å². The fraction of sp³-hybridized carbons (Fsp3) is 0.929. The molecule has 1 rings (SSSR count). The van der Waals surface area contributed by atoms with Crippen LogP contribution in [-0.4, -0.2) is 48.3 Å². The first-order chi connectivity index (χ1) is 8.35. The van der Waals surface area contributed by atoms with Gasteiger partial charge in [-0.2, -0.15) is 0 Å². The van der Waals surface area contributed by atoms with E-state index in [1.807, 2.05) is 0 Å². The molecule has 0 amide bonds. The van der Waals surface area contributed by atoms with Crippen LogP contribution in [0.3, 0.4) is 0 Å². The third-order valence-corrected chi connectivity index (χ3v) is 4.20. The number of carboxylic acids is 1. The molecule has 0 saturated carbocycles. The van der Waals surface area contributed by atoms with Gasteiger partial charge >= 0.3 is 5.97 Å². The van der Waals surface area contributed by atoms with E-state index >= 15 is 0 Å². The molecular formula is C14H27NO3. The van der Waals surface area contributed by atoms with Crippen LogP contribution in [0.25, 0.3) is 0 Å². The first-order valence-electron chi connectivity index (χ1n) is 6.86. The van der Waals surface area contributed by atoms with Gasteiger partial charge in [0, 0.05) is 20.2 Å². The lowest BCUT2D eigenvalue weighted by atomic mass is 9.83. The van der Waals surface area contributed by atoms with Gasteiger partial charge in [0.1, 0.15) is 0 Å². The summed E-state index contributed by atoms with van der Waals surface area (Å²) < 4.78 is 5.40. The molecule has 1 aliphatic rings. The second-order valence-corrected chi connectivity index (χ2v) is 6.08. The molecule has 1 heterocycles. The minimum Gasteiger partial charge on any atom is -0.481 e. The number of hydrogen-bond acceptors (Lipinski definition) is 3. The molecule has 106 valence electrons. The molecule has 0 aliphatic carbocycles. The lowest BCUT2D eigenvalue weighted by Crippen LogP contribution is -2.36. The quantitative estimate of drug-likeness (QED) is 0.760. The number of carbonyl (C=O) groups is 1. The zero-order valence-electron chi connectivity index (χ0n) is 12.2. The minimum atomic E-state index is -0.627. The molecule has 1 aliphatic heterocycles. The van der Waals surface area contributed by atoms with Crippen molar-refractivity contribution in [2.45, 2.75) is 52.1 Å². The Bertz CT molecular complexity index is 291. The summed E-state index contributed by atoms with van der Waals surface area (Å²) in [7, 11) is 1.72. The molecule has 1 N–H and O–H groups in total. The summed E-state index contributed by atoms with van der Waals surface area (Å²) in [5, 5.41) is 9.44.